The summed E-state index contributed by atoms with van der Waals surface area (Å²) in [6, 6.07) is 3.29. The lowest BCUT2D eigenvalue weighted by molar-refractivity contribution is 0.595. The zero-order valence-corrected chi connectivity index (χ0v) is 12.3. The van der Waals surface area contributed by atoms with Gasteiger partial charge >= 0.3 is 0 Å². The second-order valence-electron chi connectivity index (χ2n) is 4.57. The molecule has 1 aromatic carbocycles. The van der Waals surface area contributed by atoms with Crippen LogP contribution < -0.4 is 10.9 Å². The Morgan fingerprint density at radius 3 is 2.47 bits per heavy atom. The fourth-order valence-electron chi connectivity index (χ4n) is 1.89. The van der Waals surface area contributed by atoms with Crippen molar-refractivity contribution in [3.63, 3.8) is 0 Å². The molecule has 0 amide bonds. The summed E-state index contributed by atoms with van der Waals surface area (Å²) < 4.78 is 24.8. The molecule has 2 rings (SSSR count). The fourth-order valence-corrected chi connectivity index (χ4v) is 3.74. The van der Waals surface area contributed by atoms with Crippen molar-refractivity contribution >= 4 is 21.4 Å². The lowest BCUT2D eigenvalue weighted by atomic mass is 10.2. The van der Waals surface area contributed by atoms with E-state index in [9.17, 15) is 8.42 Å². The summed E-state index contributed by atoms with van der Waals surface area (Å²) in [6.07, 6.45) is 1.68. The van der Waals surface area contributed by atoms with E-state index in [1.54, 1.807) is 32.1 Å². The molecular formula is C13H15ClN2O2S. The minimum atomic E-state index is -3.41. The highest BCUT2D eigenvalue weighted by Crippen LogP contribution is 2.25. The summed E-state index contributed by atoms with van der Waals surface area (Å²) in [7, 11) is -3.41. The number of allylic oxidation sites excluding steroid dienone is 1. The molecule has 19 heavy (non-hydrogen) atoms. The summed E-state index contributed by atoms with van der Waals surface area (Å²) in [5.74, 6) is -0.0963. The van der Waals surface area contributed by atoms with Crippen LogP contribution in [0.4, 0.5) is 0 Å². The Morgan fingerprint density at radius 1 is 1.21 bits per heavy atom. The quantitative estimate of drug-likeness (QED) is 0.898. The first kappa shape index (κ1) is 14.0. The molecule has 0 aliphatic carbocycles. The van der Waals surface area contributed by atoms with Crippen molar-refractivity contribution in [2.75, 3.05) is 5.75 Å². The summed E-state index contributed by atoms with van der Waals surface area (Å²) in [4.78, 5) is 0.314. The van der Waals surface area contributed by atoms with Crippen LogP contribution in [0.1, 0.15) is 11.1 Å². The summed E-state index contributed by atoms with van der Waals surface area (Å²) in [5.41, 5.74) is 8.17. The number of hydrogen-bond donors (Lipinski definition) is 2. The lowest BCUT2D eigenvalue weighted by Crippen LogP contribution is -2.26. The Bertz CT molecular complexity index is 678. The molecule has 1 aliphatic heterocycles. The van der Waals surface area contributed by atoms with Gasteiger partial charge in [-0.1, -0.05) is 18.2 Å². The van der Waals surface area contributed by atoms with Crippen molar-refractivity contribution in [2.24, 2.45) is 0 Å². The number of hydrogen-bond acceptors (Lipinski definition) is 4. The van der Waals surface area contributed by atoms with E-state index in [4.69, 9.17) is 11.6 Å². The highest BCUT2D eigenvalue weighted by atomic mass is 35.5. The Morgan fingerprint density at radius 2 is 1.89 bits per heavy atom. The number of hydrazine groups is 1. The third-order valence-corrected chi connectivity index (χ3v) is 5.08. The first-order chi connectivity index (χ1) is 8.79. The van der Waals surface area contributed by atoms with Crippen LogP contribution in [0, 0.1) is 13.8 Å². The van der Waals surface area contributed by atoms with Crippen LogP contribution >= 0.6 is 11.6 Å². The lowest BCUT2D eigenvalue weighted by Gasteiger charge is -2.11. The molecule has 0 spiro atoms. The minimum Gasteiger partial charge on any atom is -0.304 e. The van der Waals surface area contributed by atoms with E-state index in [0.29, 0.717) is 26.9 Å². The molecule has 0 aromatic heterocycles. The van der Waals surface area contributed by atoms with Crippen molar-refractivity contribution in [2.45, 2.75) is 18.7 Å². The maximum atomic E-state index is 12.4. The van der Waals surface area contributed by atoms with Gasteiger partial charge in [-0.2, -0.15) is 0 Å². The summed E-state index contributed by atoms with van der Waals surface area (Å²) in [5, 5.41) is 0.574. The number of aryl methyl sites for hydroxylation is 2. The molecule has 4 nitrogen and oxygen atoms in total. The monoisotopic (exact) mass is 298 g/mol. The highest BCUT2D eigenvalue weighted by Gasteiger charge is 2.21. The normalized spacial score (nSPS) is 14.9. The third-order valence-electron chi connectivity index (χ3n) is 2.87. The van der Waals surface area contributed by atoms with Gasteiger partial charge in [-0.05, 0) is 43.2 Å². The largest absolute Gasteiger partial charge is 0.304 e. The van der Waals surface area contributed by atoms with Crippen LogP contribution in [-0.4, -0.2) is 14.2 Å². The second-order valence-corrected chi connectivity index (χ2v) is 6.94. The van der Waals surface area contributed by atoms with Crippen molar-refractivity contribution in [1.82, 2.24) is 10.9 Å². The van der Waals surface area contributed by atoms with Crippen molar-refractivity contribution in [3.05, 3.63) is 52.3 Å². The molecule has 2 N–H and O–H groups in total. The second kappa shape index (κ2) is 4.90. The van der Waals surface area contributed by atoms with Crippen LogP contribution in [-0.2, 0) is 9.84 Å². The molecule has 102 valence electrons. The average molecular weight is 299 g/mol. The van der Waals surface area contributed by atoms with Gasteiger partial charge in [0, 0.05) is 16.4 Å². The average Bonchev–Trinajstić information content (AvgIpc) is 2.68. The van der Waals surface area contributed by atoms with Gasteiger partial charge in [-0.25, -0.2) is 8.42 Å². The van der Waals surface area contributed by atoms with E-state index in [0.717, 1.165) is 5.56 Å². The van der Waals surface area contributed by atoms with Gasteiger partial charge in [0.15, 0.2) is 9.84 Å². The van der Waals surface area contributed by atoms with E-state index in [1.807, 2.05) is 0 Å². The topological polar surface area (TPSA) is 58.2 Å². The number of benzene rings is 1. The zero-order valence-electron chi connectivity index (χ0n) is 10.7. The van der Waals surface area contributed by atoms with Gasteiger partial charge in [-0.3, -0.25) is 0 Å². The van der Waals surface area contributed by atoms with Gasteiger partial charge < -0.3 is 10.9 Å². The predicted molar refractivity (Wildman–Crippen MR) is 76.5 cm³/mol. The predicted octanol–water partition coefficient (Wildman–Crippen LogP) is 2.24. The molecule has 0 bridgehead atoms. The summed E-state index contributed by atoms with van der Waals surface area (Å²) in [6.45, 7) is 7.22. The fraction of sp³-hybridized carbons (Fsp3) is 0.231. The van der Waals surface area contributed by atoms with Gasteiger partial charge in [0.05, 0.1) is 10.6 Å². The van der Waals surface area contributed by atoms with Crippen molar-refractivity contribution < 1.29 is 8.42 Å². The molecule has 1 heterocycles. The smallest absolute Gasteiger partial charge is 0.184 e. The molecule has 6 heteroatoms. The van der Waals surface area contributed by atoms with Crippen molar-refractivity contribution in [1.29, 1.82) is 0 Å². The number of rotatable bonds is 3. The highest BCUT2D eigenvalue weighted by molar-refractivity contribution is 7.91. The van der Waals surface area contributed by atoms with Crippen LogP contribution in [0.2, 0.25) is 5.02 Å². The molecule has 0 unspecified atom stereocenters. The third kappa shape index (κ3) is 2.93. The van der Waals surface area contributed by atoms with Gasteiger partial charge in [0.25, 0.3) is 0 Å². The number of nitrogens with one attached hydrogen (secondary N) is 2. The molecule has 0 saturated carbocycles. The van der Waals surface area contributed by atoms with E-state index < -0.39 is 9.84 Å². The Balaban J connectivity index is 2.37. The van der Waals surface area contributed by atoms with E-state index in [2.05, 4.69) is 17.4 Å². The molecule has 0 atom stereocenters. The van der Waals surface area contributed by atoms with Crippen LogP contribution in [0.15, 0.2) is 41.1 Å². The van der Waals surface area contributed by atoms with E-state index in [-0.39, 0.29) is 5.75 Å². The van der Waals surface area contributed by atoms with Gasteiger partial charge in [-0.15, -0.1) is 0 Å². The zero-order chi connectivity index (χ0) is 14.2. The van der Waals surface area contributed by atoms with Crippen LogP contribution in [0.25, 0.3) is 0 Å². The molecule has 0 fully saturated rings. The maximum Gasteiger partial charge on any atom is 0.184 e. The molecule has 1 aliphatic rings. The molecular weight excluding hydrogens is 284 g/mol. The molecule has 0 saturated heterocycles. The van der Waals surface area contributed by atoms with Gasteiger partial charge in [0.1, 0.15) is 0 Å². The standard InChI is InChI=1S/C13H15ClN2O2S/c1-8-5-13(9(2)4-12(8)14)19(17,18)7-11-6-10(3)15-16-11/h4-6,15-16H,3,7H2,1-2H3. The SMILES string of the molecule is C=C1C=C(CS(=O)(=O)c2cc(C)c(Cl)cc2C)NN1. The van der Waals surface area contributed by atoms with Crippen LogP contribution in [0.5, 0.6) is 0 Å². The number of sulfone groups is 1. The van der Waals surface area contributed by atoms with Crippen LogP contribution in [0.3, 0.4) is 0 Å². The number of halogens is 1. The summed E-state index contributed by atoms with van der Waals surface area (Å²) >= 11 is 5.99. The Hall–Kier alpha value is -1.46. The van der Waals surface area contributed by atoms with Crippen molar-refractivity contribution in [3.8, 4) is 0 Å². The first-order valence-electron chi connectivity index (χ1n) is 5.70. The molecule has 0 radical (unpaired) electrons. The Kier molecular flexibility index (Phi) is 3.60. The van der Waals surface area contributed by atoms with E-state index >= 15 is 0 Å². The van der Waals surface area contributed by atoms with E-state index in [1.165, 1.54) is 0 Å². The Labute approximate surface area is 118 Å². The van der Waals surface area contributed by atoms with Gasteiger partial charge in [0.2, 0.25) is 0 Å². The minimum absolute atomic E-state index is 0.0963. The molecule has 1 aromatic rings. The maximum absolute atomic E-state index is 12.4. The first-order valence-corrected chi connectivity index (χ1v) is 7.73.